The quantitative estimate of drug-likeness (QED) is 0.600. The van der Waals surface area contributed by atoms with Gasteiger partial charge in [0.1, 0.15) is 6.04 Å². The summed E-state index contributed by atoms with van der Waals surface area (Å²) in [6.07, 6.45) is 2.02. The number of nitrogens with one attached hydrogen (secondary N) is 1. The van der Waals surface area contributed by atoms with Crippen LogP contribution in [0.1, 0.15) is 32.6 Å². The lowest BCUT2D eigenvalue weighted by Crippen LogP contribution is -2.57. The first-order valence-electron chi connectivity index (χ1n) is 6.53. The van der Waals surface area contributed by atoms with Crippen molar-refractivity contribution in [3.8, 4) is 0 Å². The molecular weight excluding hydrogens is 234 g/mol. The van der Waals surface area contributed by atoms with Crippen molar-refractivity contribution in [2.75, 3.05) is 13.1 Å². The highest BCUT2D eigenvalue weighted by molar-refractivity contribution is 5.92. The van der Waals surface area contributed by atoms with Gasteiger partial charge in [0.25, 0.3) is 0 Å². The molecule has 6 heteroatoms. The van der Waals surface area contributed by atoms with Gasteiger partial charge in [-0.3, -0.25) is 9.59 Å². The summed E-state index contributed by atoms with van der Waals surface area (Å²) in [4.78, 5) is 25.4. The number of likely N-dealkylation sites (tertiary alicyclic amines) is 1. The Labute approximate surface area is 107 Å². The maximum Gasteiger partial charge on any atom is 0.243 e. The van der Waals surface area contributed by atoms with Crippen molar-refractivity contribution in [2.24, 2.45) is 5.73 Å². The third kappa shape index (κ3) is 2.10. The van der Waals surface area contributed by atoms with Crippen molar-refractivity contribution in [3.63, 3.8) is 0 Å². The van der Waals surface area contributed by atoms with Crippen LogP contribution in [0.25, 0.3) is 0 Å². The predicted octanol–water partition coefficient (Wildman–Crippen LogP) is -1.03. The van der Waals surface area contributed by atoms with Crippen LogP contribution in [-0.2, 0) is 9.59 Å². The third-order valence-corrected chi connectivity index (χ3v) is 4.12. The molecule has 0 bridgehead atoms. The fourth-order valence-electron chi connectivity index (χ4n) is 3.02. The SMILES string of the molecule is CCC1(C(=O)N2CC(O)CC2C(N)=O)CCCN1. The van der Waals surface area contributed by atoms with Gasteiger partial charge >= 0.3 is 0 Å². The van der Waals surface area contributed by atoms with Crippen molar-refractivity contribution < 1.29 is 14.7 Å². The number of amides is 2. The lowest BCUT2D eigenvalue weighted by Gasteiger charge is -2.33. The van der Waals surface area contributed by atoms with Crippen LogP contribution in [0, 0.1) is 0 Å². The molecule has 18 heavy (non-hydrogen) atoms. The Hall–Kier alpha value is -1.14. The molecule has 0 radical (unpaired) electrons. The van der Waals surface area contributed by atoms with Gasteiger partial charge in [-0.1, -0.05) is 6.92 Å². The molecule has 4 N–H and O–H groups in total. The molecule has 0 aromatic rings. The molecule has 0 aromatic carbocycles. The first-order valence-corrected chi connectivity index (χ1v) is 6.53. The molecule has 3 atom stereocenters. The van der Waals surface area contributed by atoms with Crippen LogP contribution in [0.4, 0.5) is 0 Å². The summed E-state index contributed by atoms with van der Waals surface area (Å²) in [6, 6.07) is -0.668. The molecule has 0 saturated carbocycles. The van der Waals surface area contributed by atoms with Crippen LogP contribution in [0.3, 0.4) is 0 Å². The summed E-state index contributed by atoms with van der Waals surface area (Å²) in [5.41, 5.74) is 4.74. The second-order valence-electron chi connectivity index (χ2n) is 5.23. The van der Waals surface area contributed by atoms with Crippen molar-refractivity contribution in [3.05, 3.63) is 0 Å². The summed E-state index contributed by atoms with van der Waals surface area (Å²) in [7, 11) is 0. The van der Waals surface area contributed by atoms with Gasteiger partial charge in [-0.2, -0.15) is 0 Å². The molecule has 3 unspecified atom stereocenters. The number of hydrogen-bond acceptors (Lipinski definition) is 4. The highest BCUT2D eigenvalue weighted by Gasteiger charge is 2.47. The topological polar surface area (TPSA) is 95.7 Å². The number of nitrogens with zero attached hydrogens (tertiary/aromatic N) is 1. The lowest BCUT2D eigenvalue weighted by atomic mass is 9.92. The second kappa shape index (κ2) is 4.85. The molecule has 2 heterocycles. The fourth-order valence-corrected chi connectivity index (χ4v) is 3.02. The van der Waals surface area contributed by atoms with Crippen molar-refractivity contribution >= 4 is 11.8 Å². The molecule has 102 valence electrons. The van der Waals surface area contributed by atoms with E-state index < -0.39 is 23.6 Å². The molecule has 2 rings (SSSR count). The zero-order valence-electron chi connectivity index (χ0n) is 10.7. The molecule has 2 saturated heterocycles. The van der Waals surface area contributed by atoms with Gasteiger partial charge in [0.05, 0.1) is 11.6 Å². The Morgan fingerprint density at radius 3 is 2.78 bits per heavy atom. The monoisotopic (exact) mass is 255 g/mol. The summed E-state index contributed by atoms with van der Waals surface area (Å²) in [5.74, 6) is -0.632. The molecular formula is C12H21N3O3. The maximum atomic E-state index is 12.6. The number of primary amides is 1. The molecule has 2 amide bonds. The lowest BCUT2D eigenvalue weighted by molar-refractivity contribution is -0.142. The highest BCUT2D eigenvalue weighted by atomic mass is 16.3. The number of aliphatic hydroxyl groups excluding tert-OH is 1. The number of nitrogens with two attached hydrogens (primary N) is 1. The van der Waals surface area contributed by atoms with E-state index in [1.807, 2.05) is 6.92 Å². The van der Waals surface area contributed by atoms with Gasteiger partial charge in [0.15, 0.2) is 0 Å². The van der Waals surface area contributed by atoms with E-state index in [0.717, 1.165) is 19.4 Å². The van der Waals surface area contributed by atoms with Crippen LogP contribution in [-0.4, -0.2) is 52.6 Å². The molecule has 6 nitrogen and oxygen atoms in total. The largest absolute Gasteiger partial charge is 0.391 e. The van der Waals surface area contributed by atoms with Gasteiger partial charge in [0.2, 0.25) is 11.8 Å². The average molecular weight is 255 g/mol. The van der Waals surface area contributed by atoms with Crippen LogP contribution in [0.2, 0.25) is 0 Å². The Kier molecular flexibility index (Phi) is 3.59. The van der Waals surface area contributed by atoms with Crippen LogP contribution >= 0.6 is 0 Å². The standard InChI is InChI=1S/C12H21N3O3/c1-2-12(4-3-5-14-12)11(18)15-7-8(16)6-9(15)10(13)17/h8-9,14,16H,2-7H2,1H3,(H2,13,17). The van der Waals surface area contributed by atoms with Gasteiger partial charge < -0.3 is 21.1 Å². The minimum absolute atomic E-state index is 0.0946. The molecule has 2 aliphatic rings. The Balaban J connectivity index is 2.19. The first-order chi connectivity index (χ1) is 8.50. The van der Waals surface area contributed by atoms with E-state index >= 15 is 0 Å². The third-order valence-electron chi connectivity index (χ3n) is 4.12. The number of carbonyl (C=O) groups excluding carboxylic acids is 2. The molecule has 2 fully saturated rings. The number of aliphatic hydroxyl groups is 1. The van der Waals surface area contributed by atoms with Crippen molar-refractivity contribution in [1.82, 2.24) is 10.2 Å². The molecule has 0 aliphatic carbocycles. The summed E-state index contributed by atoms with van der Waals surface area (Å²) in [6.45, 7) is 2.98. The molecule has 0 spiro atoms. The predicted molar refractivity (Wildman–Crippen MR) is 65.6 cm³/mol. The van der Waals surface area contributed by atoms with E-state index in [-0.39, 0.29) is 18.9 Å². The van der Waals surface area contributed by atoms with E-state index in [4.69, 9.17) is 5.73 Å². The van der Waals surface area contributed by atoms with Gasteiger partial charge in [-0.15, -0.1) is 0 Å². The number of rotatable bonds is 3. The van der Waals surface area contributed by atoms with Crippen LogP contribution in [0.5, 0.6) is 0 Å². The smallest absolute Gasteiger partial charge is 0.243 e. The first kappa shape index (κ1) is 13.3. The fraction of sp³-hybridized carbons (Fsp3) is 0.833. The van der Waals surface area contributed by atoms with E-state index in [9.17, 15) is 14.7 Å². The van der Waals surface area contributed by atoms with Gasteiger partial charge in [-0.05, 0) is 25.8 Å². The highest BCUT2D eigenvalue weighted by Crippen LogP contribution is 2.29. The summed E-state index contributed by atoms with van der Waals surface area (Å²) in [5, 5.41) is 12.9. The maximum absolute atomic E-state index is 12.6. The zero-order valence-corrected chi connectivity index (χ0v) is 10.7. The Bertz CT molecular complexity index is 352. The van der Waals surface area contributed by atoms with Gasteiger partial charge in [-0.25, -0.2) is 0 Å². The Morgan fingerprint density at radius 2 is 2.28 bits per heavy atom. The van der Waals surface area contributed by atoms with Crippen LogP contribution < -0.4 is 11.1 Å². The van der Waals surface area contributed by atoms with E-state index in [1.165, 1.54) is 4.90 Å². The normalized spacial score (nSPS) is 36.0. The van der Waals surface area contributed by atoms with Crippen molar-refractivity contribution in [2.45, 2.75) is 50.3 Å². The van der Waals surface area contributed by atoms with E-state index in [1.54, 1.807) is 0 Å². The number of carbonyl (C=O) groups is 2. The number of hydrogen-bond donors (Lipinski definition) is 3. The number of β-amino-alcohol motifs (C(OH)–C–C–N with tert-alkyl or cyclic N) is 1. The minimum atomic E-state index is -0.668. The molecule has 2 aliphatic heterocycles. The molecule has 0 aromatic heterocycles. The zero-order chi connectivity index (χ0) is 13.3. The average Bonchev–Trinajstić information content (AvgIpc) is 2.95. The van der Waals surface area contributed by atoms with E-state index in [0.29, 0.717) is 6.42 Å². The second-order valence-corrected chi connectivity index (χ2v) is 5.23. The summed E-state index contributed by atoms with van der Waals surface area (Å²) < 4.78 is 0. The Morgan fingerprint density at radius 1 is 1.56 bits per heavy atom. The van der Waals surface area contributed by atoms with E-state index in [2.05, 4.69) is 5.32 Å². The van der Waals surface area contributed by atoms with Crippen LogP contribution in [0.15, 0.2) is 0 Å². The van der Waals surface area contributed by atoms with Gasteiger partial charge in [0, 0.05) is 13.0 Å². The van der Waals surface area contributed by atoms with Crippen molar-refractivity contribution in [1.29, 1.82) is 0 Å². The summed E-state index contributed by atoms with van der Waals surface area (Å²) >= 11 is 0. The minimum Gasteiger partial charge on any atom is -0.391 e.